The normalized spacial score (nSPS) is 33.8. The largest absolute Gasteiger partial charge is 0.544 e. The van der Waals surface area contributed by atoms with Crippen LogP contribution in [0.3, 0.4) is 0 Å². The maximum Gasteiger partial charge on any atom is 0.242 e. The molecule has 4 atom stereocenters. The van der Waals surface area contributed by atoms with E-state index in [2.05, 4.69) is 55.1 Å². The Labute approximate surface area is 175 Å². The minimum atomic E-state index is -1.59. The Morgan fingerprint density at radius 2 is 1.83 bits per heavy atom. The lowest BCUT2D eigenvalue weighted by molar-refractivity contribution is 0.0945. The van der Waals surface area contributed by atoms with Gasteiger partial charge in [0.25, 0.3) is 0 Å². The molecule has 0 N–H and O–H groups in total. The summed E-state index contributed by atoms with van der Waals surface area (Å²) in [6.45, 7) is 9.07. The van der Waals surface area contributed by atoms with Gasteiger partial charge in [-0.1, -0.05) is 23.3 Å². The van der Waals surface area contributed by atoms with Gasteiger partial charge >= 0.3 is 0 Å². The van der Waals surface area contributed by atoms with Crippen LogP contribution in [0.25, 0.3) is 0 Å². The first kappa shape index (κ1) is 20.4. The van der Waals surface area contributed by atoms with Crippen LogP contribution >= 0.6 is 0 Å². The smallest absolute Gasteiger partial charge is 0.242 e. The van der Waals surface area contributed by atoms with Gasteiger partial charge in [-0.25, -0.2) is 0 Å². The number of aryl methyl sites for hydroxylation is 1. The SMILES string of the molecule is CO/N=C1\C(=N\OC)C[C@H]2[C@@H]3CCc4cc(O[Si](C)(C)C)ccc4[C@H]3CC[C@]12C. The van der Waals surface area contributed by atoms with Crippen molar-refractivity contribution >= 4 is 19.7 Å². The second-order valence-corrected chi connectivity index (χ2v) is 14.4. The molecule has 29 heavy (non-hydrogen) atoms. The van der Waals surface area contributed by atoms with Crippen LogP contribution in [0.5, 0.6) is 5.75 Å². The average Bonchev–Trinajstić information content (AvgIpc) is 2.93. The summed E-state index contributed by atoms with van der Waals surface area (Å²) in [4.78, 5) is 10.3. The summed E-state index contributed by atoms with van der Waals surface area (Å²) in [5.74, 6) is 2.85. The van der Waals surface area contributed by atoms with Crippen LogP contribution in [-0.4, -0.2) is 34.0 Å². The highest BCUT2D eigenvalue weighted by Gasteiger charge is 2.56. The van der Waals surface area contributed by atoms with E-state index >= 15 is 0 Å². The molecule has 158 valence electrons. The Bertz CT molecular complexity index is 845. The minimum Gasteiger partial charge on any atom is -0.544 e. The fourth-order valence-electron chi connectivity index (χ4n) is 6.04. The zero-order valence-corrected chi connectivity index (χ0v) is 19.6. The monoisotopic (exact) mass is 414 g/mol. The number of hydrogen-bond donors (Lipinski definition) is 0. The van der Waals surface area contributed by atoms with Crippen molar-refractivity contribution in [3.8, 4) is 5.75 Å². The molecule has 6 heteroatoms. The summed E-state index contributed by atoms with van der Waals surface area (Å²) < 4.78 is 6.25. The summed E-state index contributed by atoms with van der Waals surface area (Å²) in [5.41, 5.74) is 5.00. The van der Waals surface area contributed by atoms with Crippen LogP contribution in [0.15, 0.2) is 28.5 Å². The molecular formula is C23H34N2O3Si. The third kappa shape index (κ3) is 3.60. The van der Waals surface area contributed by atoms with Crippen LogP contribution in [0, 0.1) is 17.3 Å². The zero-order valence-electron chi connectivity index (χ0n) is 18.6. The molecule has 4 rings (SSSR count). The number of fused-ring (bicyclic) bond motifs is 5. The molecule has 1 aromatic rings. The van der Waals surface area contributed by atoms with Crippen LogP contribution in [0.1, 0.15) is 49.7 Å². The fourth-order valence-corrected chi connectivity index (χ4v) is 6.87. The molecule has 0 amide bonds. The second kappa shape index (κ2) is 7.46. The molecule has 0 bridgehead atoms. The van der Waals surface area contributed by atoms with Gasteiger partial charge in [-0.05, 0) is 92.8 Å². The van der Waals surface area contributed by atoms with Gasteiger partial charge in [0.1, 0.15) is 31.4 Å². The number of benzene rings is 1. The van der Waals surface area contributed by atoms with E-state index in [1.54, 1.807) is 14.2 Å². The predicted octanol–water partition coefficient (Wildman–Crippen LogP) is 5.37. The van der Waals surface area contributed by atoms with E-state index in [0.29, 0.717) is 17.8 Å². The first-order valence-electron chi connectivity index (χ1n) is 10.8. The number of rotatable bonds is 4. The zero-order chi connectivity index (χ0) is 20.8. The standard InChI is InChI=1S/C23H34N2O3Si/c1-23-12-11-18-17-10-8-16(28-29(4,5)6)13-15(17)7-9-19(18)20(23)14-21(24-26-2)22(23)25-27-3/h8,10,13,18-20H,7,9,11-12,14H2,1-6H3/b24-21+,25-22+/t18-,19-,20+,23+/m1/s1. The highest BCUT2D eigenvalue weighted by Crippen LogP contribution is 2.59. The molecule has 1 aromatic carbocycles. The van der Waals surface area contributed by atoms with E-state index in [1.165, 1.54) is 24.0 Å². The first-order chi connectivity index (χ1) is 13.8. The number of oxime groups is 2. The summed E-state index contributed by atoms with van der Waals surface area (Å²) >= 11 is 0. The van der Waals surface area contributed by atoms with Gasteiger partial charge in [0.15, 0.2) is 0 Å². The maximum absolute atomic E-state index is 6.25. The quantitative estimate of drug-likeness (QED) is 0.491. The van der Waals surface area contributed by atoms with Gasteiger partial charge in [-0.15, -0.1) is 0 Å². The molecule has 0 radical (unpaired) electrons. The molecule has 3 aliphatic rings. The van der Waals surface area contributed by atoms with E-state index < -0.39 is 8.32 Å². The van der Waals surface area contributed by atoms with Crippen molar-refractivity contribution < 1.29 is 14.1 Å². The summed E-state index contributed by atoms with van der Waals surface area (Å²) in [7, 11) is 1.65. The van der Waals surface area contributed by atoms with Gasteiger partial charge < -0.3 is 14.1 Å². The fraction of sp³-hybridized carbons (Fsp3) is 0.652. The van der Waals surface area contributed by atoms with Gasteiger partial charge in [0.05, 0.1) is 0 Å². The topological polar surface area (TPSA) is 52.4 Å². The molecule has 2 saturated carbocycles. The van der Waals surface area contributed by atoms with Gasteiger partial charge in [-0.3, -0.25) is 0 Å². The Hall–Kier alpha value is -1.82. The molecule has 0 heterocycles. The van der Waals surface area contributed by atoms with Gasteiger partial charge in [0, 0.05) is 5.41 Å². The summed E-state index contributed by atoms with van der Waals surface area (Å²) in [6.07, 6.45) is 5.56. The van der Waals surface area contributed by atoms with E-state index in [-0.39, 0.29) is 5.41 Å². The van der Waals surface area contributed by atoms with Crippen LogP contribution < -0.4 is 4.43 Å². The minimum absolute atomic E-state index is 0.0208. The van der Waals surface area contributed by atoms with Crippen LogP contribution in [-0.2, 0) is 16.1 Å². The molecule has 0 aliphatic heterocycles. The first-order valence-corrected chi connectivity index (χ1v) is 14.2. The lowest BCUT2D eigenvalue weighted by Gasteiger charge is -2.48. The van der Waals surface area contributed by atoms with Crippen molar-refractivity contribution in [1.29, 1.82) is 0 Å². The third-order valence-electron chi connectivity index (χ3n) is 7.12. The lowest BCUT2D eigenvalue weighted by atomic mass is 9.55. The van der Waals surface area contributed by atoms with E-state index in [0.717, 1.165) is 36.4 Å². The van der Waals surface area contributed by atoms with Gasteiger partial charge in [0.2, 0.25) is 8.32 Å². The second-order valence-electron chi connectivity index (χ2n) is 9.99. The maximum atomic E-state index is 6.25. The molecule has 0 aromatic heterocycles. The highest BCUT2D eigenvalue weighted by molar-refractivity contribution is 6.70. The van der Waals surface area contributed by atoms with E-state index in [9.17, 15) is 0 Å². The highest BCUT2D eigenvalue weighted by atomic mass is 28.4. The number of hydrogen-bond acceptors (Lipinski definition) is 5. The van der Waals surface area contributed by atoms with E-state index in [1.807, 2.05) is 0 Å². The Kier molecular flexibility index (Phi) is 5.26. The molecule has 0 spiro atoms. The van der Waals surface area contributed by atoms with Crippen molar-refractivity contribution in [3.05, 3.63) is 29.3 Å². The molecular weight excluding hydrogens is 380 g/mol. The number of nitrogens with zero attached hydrogens (tertiary/aromatic N) is 2. The lowest BCUT2D eigenvalue weighted by Crippen LogP contribution is -2.42. The Morgan fingerprint density at radius 1 is 1.07 bits per heavy atom. The summed E-state index contributed by atoms with van der Waals surface area (Å²) in [6, 6.07) is 6.84. The molecule has 5 nitrogen and oxygen atoms in total. The molecule has 3 aliphatic carbocycles. The van der Waals surface area contributed by atoms with Crippen molar-refractivity contribution in [2.45, 2.75) is 64.6 Å². The third-order valence-corrected chi connectivity index (χ3v) is 7.97. The van der Waals surface area contributed by atoms with Crippen molar-refractivity contribution in [1.82, 2.24) is 0 Å². The molecule has 0 unspecified atom stereocenters. The van der Waals surface area contributed by atoms with Gasteiger partial charge in [-0.2, -0.15) is 0 Å². The molecule has 0 saturated heterocycles. The van der Waals surface area contributed by atoms with Crippen LogP contribution in [0.4, 0.5) is 0 Å². The van der Waals surface area contributed by atoms with Crippen molar-refractivity contribution in [3.63, 3.8) is 0 Å². The Balaban J connectivity index is 1.64. The van der Waals surface area contributed by atoms with Crippen molar-refractivity contribution in [2.24, 2.45) is 27.6 Å². The Morgan fingerprint density at radius 3 is 2.52 bits per heavy atom. The van der Waals surface area contributed by atoms with Crippen LogP contribution in [0.2, 0.25) is 19.6 Å². The summed E-state index contributed by atoms with van der Waals surface area (Å²) in [5, 5.41) is 8.71. The van der Waals surface area contributed by atoms with E-state index in [4.69, 9.17) is 14.1 Å². The van der Waals surface area contributed by atoms with Crippen molar-refractivity contribution in [2.75, 3.05) is 14.2 Å². The molecule has 2 fully saturated rings. The average molecular weight is 415 g/mol. The predicted molar refractivity (Wildman–Crippen MR) is 119 cm³/mol.